The van der Waals surface area contributed by atoms with Gasteiger partial charge < -0.3 is 21.1 Å². The third-order valence-electron chi connectivity index (χ3n) is 2.49. The zero-order valence-corrected chi connectivity index (χ0v) is 10.9. The van der Waals surface area contributed by atoms with E-state index in [9.17, 15) is 19.2 Å². The third kappa shape index (κ3) is 4.78. The van der Waals surface area contributed by atoms with Gasteiger partial charge >= 0.3 is 5.97 Å². The molecule has 1 aliphatic heterocycles. The molecule has 4 N–H and O–H groups in total. The van der Waals surface area contributed by atoms with Crippen molar-refractivity contribution in [2.45, 2.75) is 12.5 Å². The summed E-state index contributed by atoms with van der Waals surface area (Å²) in [6.07, 6.45) is 0.0645. The van der Waals surface area contributed by atoms with E-state index in [0.717, 1.165) is 4.90 Å². The Morgan fingerprint density at radius 1 is 1.47 bits per heavy atom. The molecule has 0 aromatic rings. The molecule has 8 nitrogen and oxygen atoms in total. The molecule has 1 saturated heterocycles. The number of nitrogens with one attached hydrogen (secondary N) is 1. The number of hydrogen-bond donors (Lipinski definition) is 3. The fourth-order valence-corrected chi connectivity index (χ4v) is 2.26. The van der Waals surface area contributed by atoms with Gasteiger partial charge in [0.2, 0.25) is 17.7 Å². The number of amides is 3. The minimum absolute atomic E-state index is 0.0645. The van der Waals surface area contributed by atoms with Crippen LogP contribution in [-0.4, -0.2) is 64.3 Å². The first-order valence-corrected chi connectivity index (χ1v) is 6.72. The number of carboxylic acid groups (broad SMARTS) is 1. The van der Waals surface area contributed by atoms with E-state index >= 15 is 0 Å². The maximum absolute atomic E-state index is 11.9. The van der Waals surface area contributed by atoms with Gasteiger partial charge in [0, 0.05) is 18.7 Å². The molecule has 106 valence electrons. The van der Waals surface area contributed by atoms with Gasteiger partial charge in [-0.2, -0.15) is 11.8 Å². The van der Waals surface area contributed by atoms with Crippen molar-refractivity contribution in [3.8, 4) is 0 Å². The van der Waals surface area contributed by atoms with Gasteiger partial charge in [0.05, 0.1) is 5.75 Å². The highest BCUT2D eigenvalue weighted by Gasteiger charge is 2.34. The Labute approximate surface area is 113 Å². The van der Waals surface area contributed by atoms with E-state index in [-0.39, 0.29) is 31.2 Å². The van der Waals surface area contributed by atoms with Crippen LogP contribution < -0.4 is 11.1 Å². The first-order valence-electron chi connectivity index (χ1n) is 5.57. The Kier molecular flexibility index (Phi) is 5.61. The van der Waals surface area contributed by atoms with E-state index in [0.29, 0.717) is 5.75 Å². The average Bonchev–Trinajstić information content (AvgIpc) is 2.33. The highest BCUT2D eigenvalue weighted by molar-refractivity contribution is 7.99. The normalized spacial score (nSPS) is 18.8. The predicted octanol–water partition coefficient (Wildman–Crippen LogP) is -1.99. The second kappa shape index (κ2) is 6.98. The summed E-state index contributed by atoms with van der Waals surface area (Å²) < 4.78 is 0. The Bertz CT molecular complexity index is 401. The summed E-state index contributed by atoms with van der Waals surface area (Å²) in [5.41, 5.74) is 4.95. The van der Waals surface area contributed by atoms with Crippen molar-refractivity contribution < 1.29 is 24.3 Å². The molecule has 9 heteroatoms. The first-order chi connectivity index (χ1) is 8.91. The van der Waals surface area contributed by atoms with Gasteiger partial charge in [0.1, 0.15) is 12.6 Å². The van der Waals surface area contributed by atoms with Crippen LogP contribution in [0.1, 0.15) is 6.42 Å². The van der Waals surface area contributed by atoms with E-state index in [1.807, 2.05) is 0 Å². The van der Waals surface area contributed by atoms with Crippen molar-refractivity contribution >= 4 is 35.5 Å². The van der Waals surface area contributed by atoms with Crippen molar-refractivity contribution in [1.82, 2.24) is 10.2 Å². The molecular weight excluding hydrogens is 274 g/mol. The smallest absolute Gasteiger partial charge is 0.328 e. The molecule has 0 aromatic heterocycles. The monoisotopic (exact) mass is 289 g/mol. The van der Waals surface area contributed by atoms with Crippen LogP contribution in [0.25, 0.3) is 0 Å². The van der Waals surface area contributed by atoms with Crippen LogP contribution in [0.4, 0.5) is 0 Å². The Morgan fingerprint density at radius 2 is 2.16 bits per heavy atom. The average molecular weight is 289 g/mol. The van der Waals surface area contributed by atoms with Gasteiger partial charge in [-0.1, -0.05) is 0 Å². The van der Waals surface area contributed by atoms with Gasteiger partial charge in [-0.05, 0) is 0 Å². The number of carbonyl (C=O) groups excluding carboxylic acids is 3. The summed E-state index contributed by atoms with van der Waals surface area (Å²) in [5.74, 6) is -1.96. The van der Waals surface area contributed by atoms with Gasteiger partial charge in [-0.15, -0.1) is 0 Å². The van der Waals surface area contributed by atoms with Gasteiger partial charge in [-0.3, -0.25) is 14.4 Å². The van der Waals surface area contributed by atoms with Crippen molar-refractivity contribution in [1.29, 1.82) is 0 Å². The van der Waals surface area contributed by atoms with Crippen molar-refractivity contribution in [2.75, 3.05) is 24.6 Å². The van der Waals surface area contributed by atoms with Crippen molar-refractivity contribution in [2.24, 2.45) is 5.73 Å². The summed E-state index contributed by atoms with van der Waals surface area (Å²) in [7, 11) is 0. The highest BCUT2D eigenvalue weighted by atomic mass is 32.2. The van der Waals surface area contributed by atoms with Gasteiger partial charge in [0.15, 0.2) is 0 Å². The molecule has 1 fully saturated rings. The van der Waals surface area contributed by atoms with Gasteiger partial charge in [-0.25, -0.2) is 4.79 Å². The number of rotatable bonds is 6. The number of carbonyl (C=O) groups is 4. The fraction of sp³-hybridized carbons (Fsp3) is 0.600. The lowest BCUT2D eigenvalue weighted by atomic mass is 10.1. The Balaban J connectivity index is 2.49. The lowest BCUT2D eigenvalue weighted by Crippen LogP contribution is -2.59. The molecule has 1 rings (SSSR count). The molecule has 0 aromatic carbocycles. The molecule has 0 spiro atoms. The van der Waals surface area contributed by atoms with E-state index in [1.165, 1.54) is 11.8 Å². The van der Waals surface area contributed by atoms with Crippen LogP contribution in [0.15, 0.2) is 0 Å². The summed E-state index contributed by atoms with van der Waals surface area (Å²) in [6.45, 7) is -0.343. The van der Waals surface area contributed by atoms with Crippen LogP contribution in [-0.2, 0) is 19.2 Å². The number of piperazine rings is 1. The fourth-order valence-electron chi connectivity index (χ4n) is 1.60. The summed E-state index contributed by atoms with van der Waals surface area (Å²) in [6, 6.07) is -1.04. The van der Waals surface area contributed by atoms with Crippen LogP contribution in [0.5, 0.6) is 0 Å². The van der Waals surface area contributed by atoms with Crippen molar-refractivity contribution in [3.63, 3.8) is 0 Å². The minimum atomic E-state index is -1.15. The number of thioether (sulfide) groups is 1. The standard InChI is InChI=1S/C10H15N3O5S/c11-7(14)5-19-2-1-9(16)13-4-8(15)12-3-6(13)10(17)18/h6H,1-5H2,(H2,11,14)(H,12,15)(H,17,18). The summed E-state index contributed by atoms with van der Waals surface area (Å²) >= 11 is 1.19. The summed E-state index contributed by atoms with van der Waals surface area (Å²) in [4.78, 5) is 45.6. The number of hydrogen-bond acceptors (Lipinski definition) is 5. The van der Waals surface area contributed by atoms with Crippen LogP contribution in [0.3, 0.4) is 0 Å². The number of aliphatic carboxylic acids is 1. The predicted molar refractivity (Wildman–Crippen MR) is 67.3 cm³/mol. The van der Waals surface area contributed by atoms with E-state index in [1.54, 1.807) is 0 Å². The second-order valence-corrected chi connectivity index (χ2v) is 5.05. The summed E-state index contributed by atoms with van der Waals surface area (Å²) in [5, 5.41) is 11.4. The topological polar surface area (TPSA) is 130 Å². The number of primary amides is 1. The quantitative estimate of drug-likeness (QED) is 0.485. The zero-order chi connectivity index (χ0) is 14.4. The molecule has 0 bridgehead atoms. The largest absolute Gasteiger partial charge is 0.480 e. The van der Waals surface area contributed by atoms with Gasteiger partial charge in [0.25, 0.3) is 0 Å². The number of carboxylic acids is 1. The van der Waals surface area contributed by atoms with Crippen LogP contribution in [0, 0.1) is 0 Å². The molecule has 19 heavy (non-hydrogen) atoms. The molecule has 0 radical (unpaired) electrons. The number of nitrogens with zero attached hydrogens (tertiary/aromatic N) is 1. The zero-order valence-electron chi connectivity index (χ0n) is 10.1. The second-order valence-electron chi connectivity index (χ2n) is 3.95. The third-order valence-corrected chi connectivity index (χ3v) is 3.47. The van der Waals surface area contributed by atoms with E-state index in [4.69, 9.17) is 10.8 Å². The number of nitrogens with two attached hydrogens (primary N) is 1. The highest BCUT2D eigenvalue weighted by Crippen LogP contribution is 2.09. The first kappa shape index (κ1) is 15.3. The Hall–Kier alpha value is -1.77. The maximum atomic E-state index is 11.9. The van der Waals surface area contributed by atoms with Crippen LogP contribution >= 0.6 is 11.8 Å². The molecule has 1 heterocycles. The lowest BCUT2D eigenvalue weighted by Gasteiger charge is -2.32. The molecular formula is C10H15N3O5S. The van der Waals surface area contributed by atoms with Crippen molar-refractivity contribution in [3.05, 3.63) is 0 Å². The Morgan fingerprint density at radius 3 is 2.74 bits per heavy atom. The molecule has 0 saturated carbocycles. The van der Waals surface area contributed by atoms with E-state index < -0.39 is 23.8 Å². The SMILES string of the molecule is NC(=O)CSCCC(=O)N1CC(=O)NCC1C(=O)O. The minimum Gasteiger partial charge on any atom is -0.480 e. The lowest BCUT2D eigenvalue weighted by molar-refractivity contribution is -0.153. The van der Waals surface area contributed by atoms with E-state index in [2.05, 4.69) is 5.32 Å². The van der Waals surface area contributed by atoms with Crippen LogP contribution in [0.2, 0.25) is 0 Å². The molecule has 3 amide bonds. The molecule has 1 unspecified atom stereocenters. The molecule has 1 atom stereocenters. The molecule has 0 aliphatic carbocycles. The maximum Gasteiger partial charge on any atom is 0.328 e. The molecule has 1 aliphatic rings.